The van der Waals surface area contributed by atoms with Gasteiger partial charge in [-0.05, 0) is 75.0 Å². The Labute approximate surface area is 227 Å². The molecule has 2 amide bonds. The van der Waals surface area contributed by atoms with E-state index in [0.29, 0.717) is 11.5 Å². The summed E-state index contributed by atoms with van der Waals surface area (Å²) in [6, 6.07) is 11.3. The number of nitrogens with zero attached hydrogens (tertiary/aromatic N) is 3. The molecule has 10 heteroatoms. The van der Waals surface area contributed by atoms with E-state index in [2.05, 4.69) is 38.8 Å². The van der Waals surface area contributed by atoms with Crippen LogP contribution in [0.15, 0.2) is 42.5 Å². The molecule has 1 aliphatic carbocycles. The Balaban J connectivity index is 1.39. The first kappa shape index (κ1) is 26.9. The molecule has 1 saturated heterocycles. The van der Waals surface area contributed by atoms with E-state index in [-0.39, 0.29) is 23.2 Å². The highest BCUT2D eigenvalue weighted by Crippen LogP contribution is 2.50. The van der Waals surface area contributed by atoms with Crippen LogP contribution < -0.4 is 20.1 Å². The van der Waals surface area contributed by atoms with Crippen LogP contribution in [0.25, 0.3) is 0 Å². The van der Waals surface area contributed by atoms with Crippen LogP contribution in [-0.2, 0) is 19.0 Å². The first-order chi connectivity index (χ1) is 18.7. The number of nitrogens with one attached hydrogen (secondary N) is 2. The van der Waals surface area contributed by atoms with E-state index in [1.807, 2.05) is 24.7 Å². The molecule has 3 aromatic rings. The summed E-state index contributed by atoms with van der Waals surface area (Å²) in [4.78, 5) is 15.3. The number of aryl methyl sites for hydroxylation is 2. The lowest BCUT2D eigenvalue weighted by atomic mass is 9.65. The van der Waals surface area contributed by atoms with Crippen LogP contribution in [0.5, 0.6) is 11.5 Å². The topological polar surface area (TPSA) is 80.7 Å². The summed E-state index contributed by atoms with van der Waals surface area (Å²) >= 11 is 0. The lowest BCUT2D eigenvalue weighted by Gasteiger charge is -2.45. The minimum absolute atomic E-state index is 0.0811. The number of fused-ring (bicyclic) bond motifs is 1. The summed E-state index contributed by atoms with van der Waals surface area (Å²) in [5.41, 5.74) is 3.42. The Morgan fingerprint density at radius 1 is 1.08 bits per heavy atom. The quantitative estimate of drug-likeness (QED) is 0.446. The van der Waals surface area contributed by atoms with Crippen LogP contribution in [0.1, 0.15) is 42.6 Å². The fraction of sp³-hybridized carbons (Fsp3) is 0.448. The van der Waals surface area contributed by atoms with Gasteiger partial charge in [-0.15, -0.1) is 0 Å². The van der Waals surface area contributed by atoms with Crippen LogP contribution in [0.4, 0.5) is 19.3 Å². The van der Waals surface area contributed by atoms with Gasteiger partial charge in [-0.1, -0.05) is 6.07 Å². The number of anilines is 1. The van der Waals surface area contributed by atoms with E-state index in [0.717, 1.165) is 62.3 Å². The summed E-state index contributed by atoms with van der Waals surface area (Å²) < 4.78 is 40.0. The molecule has 0 radical (unpaired) electrons. The highest BCUT2D eigenvalue weighted by molar-refractivity contribution is 5.89. The van der Waals surface area contributed by atoms with Gasteiger partial charge in [-0.3, -0.25) is 9.58 Å². The minimum Gasteiger partial charge on any atom is -0.493 e. The Morgan fingerprint density at radius 3 is 2.56 bits per heavy atom. The first-order valence-corrected chi connectivity index (χ1v) is 13.2. The van der Waals surface area contributed by atoms with Crippen LogP contribution in [0.2, 0.25) is 0 Å². The lowest BCUT2D eigenvalue weighted by Crippen LogP contribution is -2.52. The molecule has 0 spiro atoms. The van der Waals surface area contributed by atoms with Crippen molar-refractivity contribution in [3.63, 3.8) is 0 Å². The third kappa shape index (κ3) is 5.30. The molecule has 1 saturated carbocycles. The minimum atomic E-state index is -1.00. The number of urea groups is 1. The number of halogens is 2. The number of hydrogen-bond donors (Lipinski definition) is 2. The normalized spacial score (nSPS) is 22.8. The van der Waals surface area contributed by atoms with Gasteiger partial charge in [-0.2, -0.15) is 5.10 Å². The highest BCUT2D eigenvalue weighted by Gasteiger charge is 2.52. The van der Waals surface area contributed by atoms with Crippen molar-refractivity contribution in [1.82, 2.24) is 20.0 Å². The number of aromatic nitrogens is 2. The zero-order chi connectivity index (χ0) is 27.7. The van der Waals surface area contributed by atoms with Crippen molar-refractivity contribution in [2.75, 3.05) is 26.1 Å². The van der Waals surface area contributed by atoms with Crippen LogP contribution in [0.3, 0.4) is 0 Å². The average molecular weight is 540 g/mol. The van der Waals surface area contributed by atoms with E-state index in [1.165, 1.54) is 11.6 Å². The van der Waals surface area contributed by atoms with E-state index in [1.54, 1.807) is 14.2 Å². The van der Waals surface area contributed by atoms with Crippen LogP contribution in [0, 0.1) is 18.6 Å². The predicted molar refractivity (Wildman–Crippen MR) is 144 cm³/mol. The van der Waals surface area contributed by atoms with Crippen LogP contribution >= 0.6 is 0 Å². The number of hydrogen-bond acceptors (Lipinski definition) is 5. The Hall–Kier alpha value is -3.66. The molecule has 3 unspecified atom stereocenters. The maximum Gasteiger partial charge on any atom is 0.319 e. The number of carbonyl (C=O) groups excluding carboxylic acids is 1. The molecule has 0 bridgehead atoms. The number of rotatable bonds is 7. The van der Waals surface area contributed by atoms with Crippen molar-refractivity contribution < 1.29 is 23.0 Å². The van der Waals surface area contributed by atoms with Gasteiger partial charge in [0.15, 0.2) is 23.1 Å². The molecule has 2 aliphatic rings. The number of amides is 2. The summed E-state index contributed by atoms with van der Waals surface area (Å²) in [7, 11) is 5.25. The van der Waals surface area contributed by atoms with Crippen molar-refractivity contribution in [1.29, 1.82) is 0 Å². The van der Waals surface area contributed by atoms with Crippen molar-refractivity contribution >= 4 is 11.7 Å². The third-order valence-electron chi connectivity index (χ3n) is 8.31. The summed E-state index contributed by atoms with van der Waals surface area (Å²) in [6.45, 7) is 3.66. The van der Waals surface area contributed by atoms with E-state index < -0.39 is 17.7 Å². The Kier molecular flexibility index (Phi) is 7.48. The smallest absolute Gasteiger partial charge is 0.319 e. The molecular formula is C29H35F2N5O3. The van der Waals surface area contributed by atoms with Crippen molar-refractivity contribution in [3.8, 4) is 11.5 Å². The van der Waals surface area contributed by atoms with E-state index >= 15 is 0 Å². The van der Waals surface area contributed by atoms with Gasteiger partial charge < -0.3 is 20.1 Å². The number of ether oxygens (including phenoxy) is 2. The predicted octanol–water partition coefficient (Wildman–Crippen LogP) is 4.91. The fourth-order valence-corrected chi connectivity index (χ4v) is 6.39. The Morgan fingerprint density at radius 2 is 1.87 bits per heavy atom. The number of methoxy groups -OCH3 is 2. The summed E-state index contributed by atoms with van der Waals surface area (Å²) in [5.74, 6) is -0.560. The van der Waals surface area contributed by atoms with E-state index in [4.69, 9.17) is 9.47 Å². The molecule has 2 aromatic carbocycles. The monoisotopic (exact) mass is 539 g/mol. The zero-order valence-electron chi connectivity index (χ0n) is 22.8. The SMILES string of the molecule is COc1ccc(C23CCC(NC(=O)Nc4ccc(F)c(F)c4)CC2N(Cc2cc(C)nn2C)CC3)cc1OC. The molecule has 3 atom stereocenters. The van der Waals surface area contributed by atoms with Gasteiger partial charge >= 0.3 is 6.03 Å². The summed E-state index contributed by atoms with van der Waals surface area (Å²) in [5, 5.41) is 10.2. The van der Waals surface area contributed by atoms with Gasteiger partial charge in [0.2, 0.25) is 0 Å². The Bertz CT molecular complexity index is 1360. The summed E-state index contributed by atoms with van der Waals surface area (Å²) in [6.07, 6.45) is 3.40. The molecule has 39 heavy (non-hydrogen) atoms. The maximum absolute atomic E-state index is 13.6. The van der Waals surface area contributed by atoms with Crippen molar-refractivity contribution in [3.05, 3.63) is 71.1 Å². The molecule has 8 nitrogen and oxygen atoms in total. The maximum atomic E-state index is 13.6. The molecule has 1 aromatic heterocycles. The molecule has 208 valence electrons. The highest BCUT2D eigenvalue weighted by atomic mass is 19.2. The average Bonchev–Trinajstić information content (AvgIpc) is 3.44. The zero-order valence-corrected chi connectivity index (χ0v) is 22.8. The first-order valence-electron chi connectivity index (χ1n) is 13.2. The van der Waals surface area contributed by atoms with Gasteiger partial charge in [0.05, 0.1) is 25.6 Å². The number of benzene rings is 2. The van der Waals surface area contributed by atoms with Gasteiger partial charge in [0.1, 0.15) is 0 Å². The second kappa shape index (κ2) is 10.8. The molecule has 2 heterocycles. The third-order valence-corrected chi connectivity index (χ3v) is 8.31. The number of likely N-dealkylation sites (tertiary alicyclic amines) is 1. The lowest BCUT2D eigenvalue weighted by molar-refractivity contribution is 0.129. The van der Waals surface area contributed by atoms with Gasteiger partial charge in [0, 0.05) is 42.8 Å². The fourth-order valence-electron chi connectivity index (χ4n) is 6.39. The molecule has 2 N–H and O–H groups in total. The van der Waals surface area contributed by atoms with E-state index in [9.17, 15) is 13.6 Å². The molecule has 5 rings (SSSR count). The van der Waals surface area contributed by atoms with Crippen molar-refractivity contribution in [2.24, 2.45) is 7.05 Å². The van der Waals surface area contributed by atoms with Gasteiger partial charge in [0.25, 0.3) is 0 Å². The second-order valence-corrected chi connectivity index (χ2v) is 10.6. The van der Waals surface area contributed by atoms with Gasteiger partial charge in [-0.25, -0.2) is 13.6 Å². The molecule has 1 aliphatic heterocycles. The number of carbonyl (C=O) groups is 1. The standard InChI is InChI=1S/C29H35F2N5O3/c1-18-13-22(35(2)34-18)17-36-12-11-29(19-5-8-25(38-3)26(14-19)39-4)10-9-21(16-27(29)36)33-28(37)32-20-6-7-23(30)24(31)15-20/h5-8,13-15,21,27H,9-12,16-17H2,1-4H3,(H2,32,33,37). The largest absolute Gasteiger partial charge is 0.493 e. The molecule has 2 fully saturated rings. The van der Waals surface area contributed by atoms with Crippen molar-refractivity contribution in [2.45, 2.75) is 56.7 Å². The molecular weight excluding hydrogens is 504 g/mol. The second-order valence-electron chi connectivity index (χ2n) is 10.6. The van der Waals surface area contributed by atoms with Crippen LogP contribution in [-0.4, -0.2) is 53.6 Å².